The van der Waals surface area contributed by atoms with Gasteiger partial charge in [-0.2, -0.15) is 0 Å². The molecule has 24 heavy (non-hydrogen) atoms. The zero-order valence-electron chi connectivity index (χ0n) is 13.1. The first-order valence-electron chi connectivity index (χ1n) is 7.70. The highest BCUT2D eigenvalue weighted by Crippen LogP contribution is 2.16. The monoisotopic (exact) mass is 315 g/mol. The maximum atomic E-state index is 12.3. The van der Waals surface area contributed by atoms with Crippen LogP contribution in [0.15, 0.2) is 85.2 Å². The van der Waals surface area contributed by atoms with Crippen molar-refractivity contribution in [1.82, 2.24) is 4.98 Å². The highest BCUT2D eigenvalue weighted by Gasteiger charge is 2.04. The highest BCUT2D eigenvalue weighted by atomic mass is 16.5. The minimum absolute atomic E-state index is 0.0657. The second kappa shape index (κ2) is 7.88. The maximum Gasteiger partial charge on any atom is 0.185 e. The molecule has 0 N–H and O–H groups in total. The SMILES string of the molecule is O=C(C=Cc1cccnc1)c1cccc(OCc2ccccc2)c1. The average molecular weight is 315 g/mol. The lowest BCUT2D eigenvalue weighted by Gasteiger charge is -2.07. The third-order valence-electron chi connectivity index (χ3n) is 3.48. The molecule has 0 aliphatic carbocycles. The zero-order chi connectivity index (χ0) is 16.6. The van der Waals surface area contributed by atoms with E-state index in [4.69, 9.17) is 4.74 Å². The fraction of sp³-hybridized carbons (Fsp3) is 0.0476. The molecule has 1 aromatic heterocycles. The third kappa shape index (κ3) is 4.40. The summed E-state index contributed by atoms with van der Waals surface area (Å²) in [6.45, 7) is 0.476. The van der Waals surface area contributed by atoms with Gasteiger partial charge in [-0.3, -0.25) is 9.78 Å². The van der Waals surface area contributed by atoms with Crippen LogP contribution in [-0.2, 0) is 6.61 Å². The smallest absolute Gasteiger partial charge is 0.185 e. The Bertz CT molecular complexity index is 827. The molecule has 0 amide bonds. The van der Waals surface area contributed by atoms with E-state index in [0.717, 1.165) is 11.1 Å². The van der Waals surface area contributed by atoms with E-state index in [1.807, 2.05) is 54.6 Å². The van der Waals surface area contributed by atoms with Gasteiger partial charge in [-0.1, -0.05) is 48.5 Å². The Kier molecular flexibility index (Phi) is 5.15. The van der Waals surface area contributed by atoms with Gasteiger partial charge in [0, 0.05) is 18.0 Å². The number of allylic oxidation sites excluding steroid dienone is 1. The topological polar surface area (TPSA) is 39.2 Å². The summed E-state index contributed by atoms with van der Waals surface area (Å²) in [5, 5.41) is 0. The summed E-state index contributed by atoms with van der Waals surface area (Å²) in [4.78, 5) is 16.3. The maximum absolute atomic E-state index is 12.3. The summed E-state index contributed by atoms with van der Waals surface area (Å²) >= 11 is 0. The Labute approximate surface area is 141 Å². The van der Waals surface area contributed by atoms with Crippen molar-refractivity contribution in [3.8, 4) is 5.75 Å². The lowest BCUT2D eigenvalue weighted by Crippen LogP contribution is -1.98. The number of rotatable bonds is 6. The molecule has 3 heteroatoms. The van der Waals surface area contributed by atoms with E-state index in [1.165, 1.54) is 0 Å². The molecular formula is C21H17NO2. The summed E-state index contributed by atoms with van der Waals surface area (Å²) in [6, 6.07) is 20.9. The van der Waals surface area contributed by atoms with Crippen LogP contribution in [0.1, 0.15) is 21.5 Å². The first kappa shape index (κ1) is 15.7. The van der Waals surface area contributed by atoms with E-state index in [0.29, 0.717) is 17.9 Å². The van der Waals surface area contributed by atoms with E-state index < -0.39 is 0 Å². The van der Waals surface area contributed by atoms with E-state index in [2.05, 4.69) is 4.98 Å². The first-order chi connectivity index (χ1) is 11.8. The Morgan fingerprint density at radius 2 is 1.88 bits per heavy atom. The number of ether oxygens (including phenoxy) is 1. The minimum atomic E-state index is -0.0657. The van der Waals surface area contributed by atoms with Crippen LogP contribution in [0.25, 0.3) is 6.08 Å². The second-order valence-electron chi connectivity index (χ2n) is 5.29. The number of benzene rings is 2. The highest BCUT2D eigenvalue weighted by molar-refractivity contribution is 6.07. The van der Waals surface area contributed by atoms with Crippen molar-refractivity contribution in [2.75, 3.05) is 0 Å². The molecule has 3 nitrogen and oxygen atoms in total. The number of hydrogen-bond donors (Lipinski definition) is 0. The molecule has 0 saturated heterocycles. The van der Waals surface area contributed by atoms with Crippen molar-refractivity contribution >= 4 is 11.9 Å². The van der Waals surface area contributed by atoms with Gasteiger partial charge in [0.25, 0.3) is 0 Å². The fourth-order valence-electron chi connectivity index (χ4n) is 2.22. The molecule has 0 aliphatic rings. The lowest BCUT2D eigenvalue weighted by atomic mass is 10.1. The van der Waals surface area contributed by atoms with Crippen molar-refractivity contribution in [2.45, 2.75) is 6.61 Å². The number of ketones is 1. The van der Waals surface area contributed by atoms with Crippen LogP contribution < -0.4 is 4.74 Å². The number of carbonyl (C=O) groups excluding carboxylic acids is 1. The van der Waals surface area contributed by atoms with Gasteiger partial charge >= 0.3 is 0 Å². The third-order valence-corrected chi connectivity index (χ3v) is 3.48. The van der Waals surface area contributed by atoms with E-state index >= 15 is 0 Å². The van der Waals surface area contributed by atoms with Gasteiger partial charge in [0.15, 0.2) is 5.78 Å². The van der Waals surface area contributed by atoms with Crippen molar-refractivity contribution in [3.63, 3.8) is 0 Å². The van der Waals surface area contributed by atoms with Crippen LogP contribution in [0.5, 0.6) is 5.75 Å². The average Bonchev–Trinajstić information content (AvgIpc) is 2.66. The fourth-order valence-corrected chi connectivity index (χ4v) is 2.22. The number of nitrogens with zero attached hydrogens (tertiary/aromatic N) is 1. The predicted molar refractivity (Wildman–Crippen MR) is 94.8 cm³/mol. The predicted octanol–water partition coefficient (Wildman–Crippen LogP) is 4.56. The molecule has 2 aromatic carbocycles. The van der Waals surface area contributed by atoms with Crippen molar-refractivity contribution in [3.05, 3.63) is 102 Å². The Morgan fingerprint density at radius 1 is 1.00 bits per heavy atom. The number of carbonyl (C=O) groups is 1. The number of hydrogen-bond acceptors (Lipinski definition) is 3. The molecular weight excluding hydrogens is 298 g/mol. The zero-order valence-corrected chi connectivity index (χ0v) is 13.1. The number of pyridine rings is 1. The summed E-state index contributed by atoms with van der Waals surface area (Å²) in [5.74, 6) is 0.614. The quantitative estimate of drug-likeness (QED) is 0.494. The molecule has 0 radical (unpaired) electrons. The molecule has 0 fully saturated rings. The molecule has 0 atom stereocenters. The standard InChI is InChI=1S/C21H17NO2/c23-21(12-11-17-8-5-13-22-15-17)19-9-4-10-20(14-19)24-16-18-6-2-1-3-7-18/h1-15H,16H2. The van der Waals surface area contributed by atoms with Gasteiger partial charge in [0.1, 0.15) is 12.4 Å². The van der Waals surface area contributed by atoms with E-state index in [9.17, 15) is 4.79 Å². The van der Waals surface area contributed by atoms with E-state index in [-0.39, 0.29) is 5.78 Å². The molecule has 0 aliphatic heterocycles. The lowest BCUT2D eigenvalue weighted by molar-refractivity contribution is 0.104. The van der Waals surface area contributed by atoms with Gasteiger partial charge in [-0.25, -0.2) is 0 Å². The van der Waals surface area contributed by atoms with Crippen LogP contribution in [0, 0.1) is 0 Å². The van der Waals surface area contributed by atoms with Crippen LogP contribution in [0.4, 0.5) is 0 Å². The minimum Gasteiger partial charge on any atom is -0.489 e. The molecule has 1 heterocycles. The Morgan fingerprint density at radius 3 is 2.67 bits per heavy atom. The van der Waals surface area contributed by atoms with Crippen LogP contribution in [0.2, 0.25) is 0 Å². The molecule has 0 saturated carbocycles. The van der Waals surface area contributed by atoms with Gasteiger partial charge in [-0.15, -0.1) is 0 Å². The Balaban J connectivity index is 1.66. The second-order valence-corrected chi connectivity index (χ2v) is 5.29. The normalized spacial score (nSPS) is 10.7. The summed E-state index contributed by atoms with van der Waals surface area (Å²) < 4.78 is 5.76. The van der Waals surface area contributed by atoms with Gasteiger partial charge < -0.3 is 4.74 Å². The van der Waals surface area contributed by atoms with Crippen LogP contribution in [0.3, 0.4) is 0 Å². The van der Waals surface area contributed by atoms with Crippen LogP contribution in [-0.4, -0.2) is 10.8 Å². The Hall–Kier alpha value is -3.20. The van der Waals surface area contributed by atoms with E-state index in [1.54, 1.807) is 36.7 Å². The summed E-state index contributed by atoms with van der Waals surface area (Å²) in [7, 11) is 0. The molecule has 0 spiro atoms. The largest absolute Gasteiger partial charge is 0.489 e. The molecule has 3 rings (SSSR count). The summed E-state index contributed by atoms with van der Waals surface area (Å²) in [6.07, 6.45) is 6.72. The van der Waals surface area contributed by atoms with Crippen molar-refractivity contribution in [2.24, 2.45) is 0 Å². The van der Waals surface area contributed by atoms with Crippen molar-refractivity contribution in [1.29, 1.82) is 0 Å². The molecule has 118 valence electrons. The van der Waals surface area contributed by atoms with Gasteiger partial charge in [-0.05, 0) is 41.5 Å². The van der Waals surface area contributed by atoms with Crippen LogP contribution >= 0.6 is 0 Å². The molecule has 3 aromatic rings. The van der Waals surface area contributed by atoms with Gasteiger partial charge in [0.2, 0.25) is 0 Å². The number of aromatic nitrogens is 1. The van der Waals surface area contributed by atoms with Crippen molar-refractivity contribution < 1.29 is 9.53 Å². The summed E-state index contributed by atoms with van der Waals surface area (Å²) in [5.41, 5.74) is 2.58. The molecule has 0 bridgehead atoms. The first-order valence-corrected chi connectivity index (χ1v) is 7.70. The molecule has 0 unspecified atom stereocenters. The van der Waals surface area contributed by atoms with Gasteiger partial charge in [0.05, 0.1) is 0 Å².